The molecule has 2 rings (SSSR count). The first-order valence-electron chi connectivity index (χ1n) is 6.95. The number of aryl methyl sites for hydroxylation is 4. The molecule has 0 saturated heterocycles. The quantitative estimate of drug-likeness (QED) is 0.878. The largest absolute Gasteiger partial charge is 0.323 e. The molecule has 1 N–H and O–H groups in total. The minimum atomic E-state index is -0.138. The zero-order valence-electron chi connectivity index (χ0n) is 13.2. The van der Waals surface area contributed by atoms with Gasteiger partial charge in [0.1, 0.15) is 0 Å². The molecule has 2 aromatic rings. The van der Waals surface area contributed by atoms with Gasteiger partial charge >= 0.3 is 0 Å². The molecule has 4 nitrogen and oxygen atoms in total. The van der Waals surface area contributed by atoms with E-state index in [-0.39, 0.29) is 5.91 Å². The van der Waals surface area contributed by atoms with Crippen LogP contribution >= 0.6 is 0 Å². The Bertz CT molecular complexity index is 711. The fraction of sp³-hybridized carbons (Fsp3) is 0.294. The molecule has 0 radical (unpaired) electrons. The predicted molar refractivity (Wildman–Crippen MR) is 86.3 cm³/mol. The number of nitrogens with zero attached hydrogens (tertiary/aromatic N) is 2. The zero-order chi connectivity index (χ0) is 15.6. The van der Waals surface area contributed by atoms with Gasteiger partial charge in [-0.2, -0.15) is 5.10 Å². The van der Waals surface area contributed by atoms with E-state index < -0.39 is 0 Å². The van der Waals surface area contributed by atoms with Gasteiger partial charge in [0.05, 0.1) is 5.69 Å². The summed E-state index contributed by atoms with van der Waals surface area (Å²) in [4.78, 5) is 12.0. The Hall–Kier alpha value is -2.36. The van der Waals surface area contributed by atoms with Crippen molar-refractivity contribution in [2.75, 3.05) is 5.32 Å². The maximum absolute atomic E-state index is 12.0. The first-order chi connectivity index (χ1) is 9.88. The molecule has 0 aliphatic carbocycles. The van der Waals surface area contributed by atoms with E-state index in [9.17, 15) is 4.79 Å². The molecular weight excluding hydrogens is 262 g/mol. The van der Waals surface area contributed by atoms with Crippen molar-refractivity contribution in [3.8, 4) is 0 Å². The molecule has 4 heteroatoms. The first-order valence-corrected chi connectivity index (χ1v) is 6.95. The second-order valence-electron chi connectivity index (χ2n) is 5.33. The topological polar surface area (TPSA) is 46.9 Å². The summed E-state index contributed by atoms with van der Waals surface area (Å²) in [6, 6.07) is 5.89. The molecule has 1 aromatic heterocycles. The minimum absolute atomic E-state index is 0.138. The third-order valence-electron chi connectivity index (χ3n) is 3.74. The van der Waals surface area contributed by atoms with Crippen molar-refractivity contribution in [3.63, 3.8) is 0 Å². The number of aromatic nitrogens is 2. The number of rotatable bonds is 3. The lowest BCUT2D eigenvalue weighted by atomic mass is 10.1. The third-order valence-corrected chi connectivity index (χ3v) is 3.74. The average molecular weight is 283 g/mol. The summed E-state index contributed by atoms with van der Waals surface area (Å²) in [6.45, 7) is 8.01. The Balaban J connectivity index is 2.11. The van der Waals surface area contributed by atoms with E-state index in [1.54, 1.807) is 6.08 Å². The van der Waals surface area contributed by atoms with Crippen LogP contribution in [0.4, 0.5) is 5.69 Å². The van der Waals surface area contributed by atoms with E-state index in [1.807, 2.05) is 56.8 Å². The van der Waals surface area contributed by atoms with Crippen molar-refractivity contribution >= 4 is 17.7 Å². The molecule has 0 bridgehead atoms. The Labute approximate surface area is 125 Å². The molecule has 0 unspecified atom stereocenters. The Morgan fingerprint density at radius 3 is 2.48 bits per heavy atom. The van der Waals surface area contributed by atoms with Crippen LogP contribution in [0.25, 0.3) is 6.08 Å². The van der Waals surface area contributed by atoms with Crippen molar-refractivity contribution in [1.82, 2.24) is 9.78 Å². The highest BCUT2D eigenvalue weighted by atomic mass is 16.1. The second kappa shape index (κ2) is 5.95. The lowest BCUT2D eigenvalue weighted by Crippen LogP contribution is -2.08. The van der Waals surface area contributed by atoms with Crippen LogP contribution in [0, 0.1) is 27.7 Å². The van der Waals surface area contributed by atoms with Gasteiger partial charge in [-0.1, -0.05) is 6.07 Å². The summed E-state index contributed by atoms with van der Waals surface area (Å²) in [7, 11) is 1.90. The standard InChI is InChI=1S/C17H21N3O/c1-11-6-7-15(10-12(11)2)18-17(21)9-8-16-13(3)19-20(5)14(16)4/h6-10H,1-5H3,(H,18,21)/b9-8+. The van der Waals surface area contributed by atoms with Gasteiger partial charge in [0.2, 0.25) is 5.91 Å². The summed E-state index contributed by atoms with van der Waals surface area (Å²) >= 11 is 0. The molecule has 0 aliphatic rings. The number of nitrogens with one attached hydrogen (secondary N) is 1. The molecule has 110 valence electrons. The van der Waals surface area contributed by atoms with Gasteiger partial charge in [-0.25, -0.2) is 0 Å². The molecule has 1 heterocycles. The van der Waals surface area contributed by atoms with E-state index in [0.717, 1.165) is 28.2 Å². The molecule has 0 fully saturated rings. The van der Waals surface area contributed by atoms with Crippen LogP contribution in [0.15, 0.2) is 24.3 Å². The lowest BCUT2D eigenvalue weighted by Gasteiger charge is -2.05. The van der Waals surface area contributed by atoms with E-state index in [2.05, 4.69) is 17.3 Å². The highest BCUT2D eigenvalue weighted by molar-refractivity contribution is 6.02. The van der Waals surface area contributed by atoms with Crippen LogP contribution in [0.2, 0.25) is 0 Å². The van der Waals surface area contributed by atoms with E-state index in [1.165, 1.54) is 5.56 Å². The van der Waals surface area contributed by atoms with Crippen LogP contribution < -0.4 is 5.32 Å². The lowest BCUT2D eigenvalue weighted by molar-refractivity contribution is -0.111. The van der Waals surface area contributed by atoms with E-state index >= 15 is 0 Å². The molecule has 0 spiro atoms. The normalized spacial score (nSPS) is 11.1. The number of amides is 1. The van der Waals surface area contributed by atoms with Gasteiger partial charge in [-0.15, -0.1) is 0 Å². The summed E-state index contributed by atoms with van der Waals surface area (Å²) < 4.78 is 1.82. The van der Waals surface area contributed by atoms with E-state index in [4.69, 9.17) is 0 Å². The molecule has 0 saturated carbocycles. The van der Waals surface area contributed by atoms with Crippen LogP contribution in [0.1, 0.15) is 28.1 Å². The minimum Gasteiger partial charge on any atom is -0.323 e. The highest BCUT2D eigenvalue weighted by Crippen LogP contribution is 2.15. The van der Waals surface area contributed by atoms with Gasteiger partial charge < -0.3 is 5.32 Å². The smallest absolute Gasteiger partial charge is 0.248 e. The van der Waals surface area contributed by atoms with Gasteiger partial charge in [0, 0.05) is 30.1 Å². The number of hydrogen-bond acceptors (Lipinski definition) is 2. The number of carbonyl (C=O) groups excluding carboxylic acids is 1. The fourth-order valence-corrected chi connectivity index (χ4v) is 2.19. The molecule has 1 aromatic carbocycles. The fourth-order valence-electron chi connectivity index (χ4n) is 2.19. The summed E-state index contributed by atoms with van der Waals surface area (Å²) in [6.07, 6.45) is 3.36. The van der Waals surface area contributed by atoms with Crippen molar-refractivity contribution in [3.05, 3.63) is 52.4 Å². The third kappa shape index (κ3) is 3.40. The van der Waals surface area contributed by atoms with Gasteiger partial charge in [-0.05, 0) is 57.0 Å². The number of hydrogen-bond donors (Lipinski definition) is 1. The number of carbonyl (C=O) groups is 1. The molecule has 1 amide bonds. The van der Waals surface area contributed by atoms with Gasteiger partial charge in [-0.3, -0.25) is 9.48 Å². The Kier molecular flexibility index (Phi) is 4.26. The van der Waals surface area contributed by atoms with Crippen molar-refractivity contribution < 1.29 is 4.79 Å². The number of benzene rings is 1. The van der Waals surface area contributed by atoms with Crippen molar-refractivity contribution in [2.24, 2.45) is 7.05 Å². The van der Waals surface area contributed by atoms with E-state index in [0.29, 0.717) is 0 Å². The zero-order valence-corrected chi connectivity index (χ0v) is 13.2. The Morgan fingerprint density at radius 1 is 1.19 bits per heavy atom. The van der Waals surface area contributed by atoms with Crippen LogP contribution in [-0.4, -0.2) is 15.7 Å². The average Bonchev–Trinajstić information content (AvgIpc) is 2.66. The van der Waals surface area contributed by atoms with Crippen LogP contribution in [-0.2, 0) is 11.8 Å². The monoisotopic (exact) mass is 283 g/mol. The SMILES string of the molecule is Cc1ccc(NC(=O)/C=C/c2c(C)nn(C)c2C)cc1C. The maximum atomic E-state index is 12.0. The van der Waals surface area contributed by atoms with Crippen molar-refractivity contribution in [1.29, 1.82) is 0 Å². The second-order valence-corrected chi connectivity index (χ2v) is 5.33. The first kappa shape index (κ1) is 15.0. The van der Waals surface area contributed by atoms with Crippen LogP contribution in [0.3, 0.4) is 0 Å². The molecule has 0 aliphatic heterocycles. The molecular formula is C17H21N3O. The van der Waals surface area contributed by atoms with Crippen LogP contribution in [0.5, 0.6) is 0 Å². The highest BCUT2D eigenvalue weighted by Gasteiger charge is 2.06. The molecule has 21 heavy (non-hydrogen) atoms. The summed E-state index contributed by atoms with van der Waals surface area (Å²) in [5, 5.41) is 7.20. The Morgan fingerprint density at radius 2 is 1.90 bits per heavy atom. The molecule has 0 atom stereocenters. The number of anilines is 1. The van der Waals surface area contributed by atoms with Gasteiger partial charge in [0.25, 0.3) is 0 Å². The predicted octanol–water partition coefficient (Wildman–Crippen LogP) is 3.31. The summed E-state index contributed by atoms with van der Waals surface area (Å²) in [5.41, 5.74) is 6.15. The maximum Gasteiger partial charge on any atom is 0.248 e. The van der Waals surface area contributed by atoms with Gasteiger partial charge in [0.15, 0.2) is 0 Å². The summed E-state index contributed by atoms with van der Waals surface area (Å²) in [5.74, 6) is -0.138. The van der Waals surface area contributed by atoms with Crippen molar-refractivity contribution in [2.45, 2.75) is 27.7 Å².